The molecule has 4 nitrogen and oxygen atoms in total. The molecule has 1 atom stereocenters. The predicted octanol–water partition coefficient (Wildman–Crippen LogP) is 3.86. The van der Waals surface area contributed by atoms with E-state index in [0.717, 1.165) is 28.9 Å². The summed E-state index contributed by atoms with van der Waals surface area (Å²) in [6.45, 7) is 6.56. The van der Waals surface area contributed by atoms with Crippen LogP contribution in [0.2, 0.25) is 0 Å². The number of benzene rings is 2. The Kier molecular flexibility index (Phi) is 4.88. The number of carbonyl (C=O) groups is 2. The zero-order valence-electron chi connectivity index (χ0n) is 15.0. The third-order valence-corrected chi connectivity index (χ3v) is 4.97. The van der Waals surface area contributed by atoms with Gasteiger partial charge in [-0.3, -0.25) is 9.59 Å². The summed E-state index contributed by atoms with van der Waals surface area (Å²) in [6, 6.07) is 13.8. The lowest BCUT2D eigenvalue weighted by Gasteiger charge is -2.20. The first-order valence-electron chi connectivity index (χ1n) is 8.76. The van der Waals surface area contributed by atoms with E-state index >= 15 is 0 Å². The van der Waals surface area contributed by atoms with Crippen molar-refractivity contribution in [3.63, 3.8) is 0 Å². The molecule has 4 heteroatoms. The maximum atomic E-state index is 12.6. The normalized spacial score (nSPS) is 17.0. The third kappa shape index (κ3) is 3.58. The average molecular weight is 336 g/mol. The second-order valence-corrected chi connectivity index (χ2v) is 6.67. The molecule has 1 aliphatic heterocycles. The number of amides is 2. The summed E-state index contributed by atoms with van der Waals surface area (Å²) in [5.74, 6) is -0.400. The Hall–Kier alpha value is -2.62. The fourth-order valence-corrected chi connectivity index (χ4v) is 3.26. The van der Waals surface area contributed by atoms with Crippen molar-refractivity contribution < 1.29 is 9.59 Å². The van der Waals surface area contributed by atoms with E-state index in [1.807, 2.05) is 56.3 Å². The number of hydrogen-bond acceptors (Lipinski definition) is 2. The van der Waals surface area contributed by atoms with Crippen LogP contribution in [-0.4, -0.2) is 18.4 Å². The minimum atomic E-state index is -0.322. The summed E-state index contributed by atoms with van der Waals surface area (Å²) in [7, 11) is 0. The molecule has 0 unspecified atom stereocenters. The number of rotatable bonds is 4. The van der Waals surface area contributed by atoms with Crippen molar-refractivity contribution in [2.24, 2.45) is 5.92 Å². The van der Waals surface area contributed by atoms with Crippen LogP contribution in [0.15, 0.2) is 42.5 Å². The third-order valence-electron chi connectivity index (χ3n) is 4.97. The van der Waals surface area contributed by atoms with Crippen molar-refractivity contribution in [2.75, 3.05) is 16.8 Å². The van der Waals surface area contributed by atoms with Gasteiger partial charge in [-0.1, -0.05) is 31.2 Å². The van der Waals surface area contributed by atoms with Gasteiger partial charge in [0.15, 0.2) is 0 Å². The molecule has 130 valence electrons. The lowest BCUT2D eigenvalue weighted by atomic mass is 10.1. The first kappa shape index (κ1) is 17.2. The van der Waals surface area contributed by atoms with Gasteiger partial charge in [0.2, 0.25) is 11.8 Å². The molecular weight excluding hydrogens is 312 g/mol. The van der Waals surface area contributed by atoms with Gasteiger partial charge in [0, 0.05) is 24.3 Å². The van der Waals surface area contributed by atoms with Crippen molar-refractivity contribution >= 4 is 23.2 Å². The Morgan fingerprint density at radius 3 is 2.72 bits per heavy atom. The van der Waals surface area contributed by atoms with E-state index < -0.39 is 0 Å². The summed E-state index contributed by atoms with van der Waals surface area (Å²) >= 11 is 0. The van der Waals surface area contributed by atoms with E-state index in [9.17, 15) is 9.59 Å². The van der Waals surface area contributed by atoms with Gasteiger partial charge in [-0.05, 0) is 55.2 Å². The maximum absolute atomic E-state index is 12.6. The van der Waals surface area contributed by atoms with Gasteiger partial charge in [-0.2, -0.15) is 0 Å². The SMILES string of the molecule is CCc1cccc(NC(=O)[C@H]2CC(=O)N(c3cccc(C)c3C)C2)c1. The van der Waals surface area contributed by atoms with Crippen LogP contribution in [0, 0.1) is 19.8 Å². The zero-order chi connectivity index (χ0) is 18.0. The van der Waals surface area contributed by atoms with E-state index in [0.29, 0.717) is 6.54 Å². The number of hydrogen-bond donors (Lipinski definition) is 1. The molecule has 1 fully saturated rings. The van der Waals surface area contributed by atoms with Gasteiger partial charge in [0.1, 0.15) is 0 Å². The summed E-state index contributed by atoms with van der Waals surface area (Å²) < 4.78 is 0. The Bertz CT molecular complexity index is 813. The number of anilines is 2. The van der Waals surface area contributed by atoms with Crippen LogP contribution in [0.25, 0.3) is 0 Å². The highest BCUT2D eigenvalue weighted by molar-refractivity contribution is 6.03. The molecule has 0 saturated carbocycles. The van der Waals surface area contributed by atoms with E-state index in [1.165, 1.54) is 5.56 Å². The van der Waals surface area contributed by atoms with E-state index in [-0.39, 0.29) is 24.2 Å². The zero-order valence-corrected chi connectivity index (χ0v) is 15.0. The number of nitrogens with zero attached hydrogens (tertiary/aromatic N) is 1. The molecule has 1 saturated heterocycles. The summed E-state index contributed by atoms with van der Waals surface area (Å²) in [6.07, 6.45) is 1.18. The monoisotopic (exact) mass is 336 g/mol. The van der Waals surface area contributed by atoms with Gasteiger partial charge in [0.25, 0.3) is 0 Å². The molecule has 0 radical (unpaired) electrons. The Morgan fingerprint density at radius 1 is 1.20 bits per heavy atom. The minimum absolute atomic E-state index is 0.0103. The molecule has 1 N–H and O–H groups in total. The number of nitrogens with one attached hydrogen (secondary N) is 1. The van der Waals surface area contributed by atoms with E-state index in [2.05, 4.69) is 12.2 Å². The predicted molar refractivity (Wildman–Crippen MR) is 101 cm³/mol. The van der Waals surface area contributed by atoms with Crippen LogP contribution in [0.3, 0.4) is 0 Å². The first-order valence-corrected chi connectivity index (χ1v) is 8.76. The van der Waals surface area contributed by atoms with Crippen LogP contribution in [-0.2, 0) is 16.0 Å². The van der Waals surface area contributed by atoms with Crippen molar-refractivity contribution in [2.45, 2.75) is 33.6 Å². The van der Waals surface area contributed by atoms with Crippen molar-refractivity contribution in [3.05, 3.63) is 59.2 Å². The van der Waals surface area contributed by atoms with Gasteiger partial charge in [-0.25, -0.2) is 0 Å². The highest BCUT2D eigenvalue weighted by Gasteiger charge is 2.35. The largest absolute Gasteiger partial charge is 0.326 e. The number of aryl methyl sites for hydroxylation is 2. The Morgan fingerprint density at radius 2 is 1.96 bits per heavy atom. The molecule has 0 spiro atoms. The second kappa shape index (κ2) is 7.09. The fourth-order valence-electron chi connectivity index (χ4n) is 3.26. The summed E-state index contributed by atoms with van der Waals surface area (Å²) in [5.41, 5.74) is 5.12. The lowest BCUT2D eigenvalue weighted by molar-refractivity contribution is -0.122. The van der Waals surface area contributed by atoms with Gasteiger partial charge >= 0.3 is 0 Å². The molecule has 1 aliphatic rings. The summed E-state index contributed by atoms with van der Waals surface area (Å²) in [4.78, 5) is 26.8. The van der Waals surface area contributed by atoms with Crippen molar-refractivity contribution in [1.82, 2.24) is 0 Å². The second-order valence-electron chi connectivity index (χ2n) is 6.67. The van der Waals surface area contributed by atoms with Crippen molar-refractivity contribution in [1.29, 1.82) is 0 Å². The standard InChI is InChI=1S/C21H24N2O2/c1-4-16-8-6-9-18(11-16)22-21(25)17-12-20(24)23(13-17)19-10-5-7-14(2)15(19)3/h5-11,17H,4,12-13H2,1-3H3,(H,22,25)/t17-/m0/s1. The molecule has 2 aromatic carbocycles. The average Bonchev–Trinajstić information content (AvgIpc) is 2.99. The molecule has 2 amide bonds. The van der Waals surface area contributed by atoms with Crippen molar-refractivity contribution in [3.8, 4) is 0 Å². The van der Waals surface area contributed by atoms with E-state index in [4.69, 9.17) is 0 Å². The highest BCUT2D eigenvalue weighted by atomic mass is 16.2. The van der Waals surface area contributed by atoms with Gasteiger partial charge in [-0.15, -0.1) is 0 Å². The maximum Gasteiger partial charge on any atom is 0.229 e. The highest BCUT2D eigenvalue weighted by Crippen LogP contribution is 2.30. The molecule has 1 heterocycles. The smallest absolute Gasteiger partial charge is 0.229 e. The first-order chi connectivity index (χ1) is 12.0. The van der Waals surface area contributed by atoms with Crippen LogP contribution < -0.4 is 10.2 Å². The fraction of sp³-hybridized carbons (Fsp3) is 0.333. The molecule has 25 heavy (non-hydrogen) atoms. The molecule has 0 aliphatic carbocycles. The number of carbonyl (C=O) groups excluding carboxylic acids is 2. The molecule has 0 aromatic heterocycles. The van der Waals surface area contributed by atoms with E-state index in [1.54, 1.807) is 4.90 Å². The Balaban J connectivity index is 1.73. The molecule has 3 rings (SSSR count). The quantitative estimate of drug-likeness (QED) is 0.922. The van der Waals surface area contributed by atoms with Crippen LogP contribution >= 0.6 is 0 Å². The summed E-state index contributed by atoms with van der Waals surface area (Å²) in [5, 5.41) is 2.96. The van der Waals surface area contributed by atoms with Gasteiger partial charge in [0.05, 0.1) is 5.92 Å². The lowest BCUT2D eigenvalue weighted by Crippen LogP contribution is -2.28. The van der Waals surface area contributed by atoms with Crippen LogP contribution in [0.4, 0.5) is 11.4 Å². The van der Waals surface area contributed by atoms with Crippen LogP contribution in [0.5, 0.6) is 0 Å². The van der Waals surface area contributed by atoms with Crippen LogP contribution in [0.1, 0.15) is 30.0 Å². The topological polar surface area (TPSA) is 49.4 Å². The Labute approximate surface area is 148 Å². The minimum Gasteiger partial charge on any atom is -0.326 e. The molecule has 0 bridgehead atoms. The molecule has 2 aromatic rings. The van der Waals surface area contributed by atoms with Gasteiger partial charge < -0.3 is 10.2 Å². The molecular formula is C21H24N2O2.